The fourth-order valence-corrected chi connectivity index (χ4v) is 4.34. The number of nitrogens with zero attached hydrogens (tertiary/aromatic N) is 1. The average molecular weight is 360 g/mol. The van der Waals surface area contributed by atoms with E-state index >= 15 is 0 Å². The third-order valence-electron chi connectivity index (χ3n) is 3.62. The molecule has 1 aliphatic rings. The molecule has 2 aromatic rings. The zero-order valence-corrected chi connectivity index (χ0v) is 14.8. The molecule has 124 valence electrons. The first-order chi connectivity index (χ1) is 11.6. The highest BCUT2D eigenvalue weighted by molar-refractivity contribution is 8.38. The van der Waals surface area contributed by atoms with E-state index in [2.05, 4.69) is 10.3 Å². The summed E-state index contributed by atoms with van der Waals surface area (Å²) in [7, 11) is 0. The molecule has 0 unspecified atom stereocenters. The monoisotopic (exact) mass is 360 g/mol. The number of halogens is 1. The van der Waals surface area contributed by atoms with Crippen LogP contribution < -0.4 is 5.32 Å². The molecule has 3 nitrogen and oxygen atoms in total. The van der Waals surface area contributed by atoms with Gasteiger partial charge in [-0.1, -0.05) is 47.8 Å². The van der Waals surface area contributed by atoms with Crippen molar-refractivity contribution in [1.82, 2.24) is 0 Å². The number of carbonyl (C=O) groups is 1. The Kier molecular flexibility index (Phi) is 5.58. The van der Waals surface area contributed by atoms with Crippen molar-refractivity contribution in [3.05, 3.63) is 65.0 Å². The fraction of sp³-hybridized carbons (Fsp3) is 0.222. The average Bonchev–Trinajstić information content (AvgIpc) is 3.10. The molecule has 0 aromatic heterocycles. The lowest BCUT2D eigenvalue weighted by molar-refractivity contribution is 0.102. The molecule has 1 amide bonds. The Morgan fingerprint density at radius 1 is 1.33 bits per heavy atom. The number of benzene rings is 2. The van der Waals surface area contributed by atoms with Crippen molar-refractivity contribution in [1.29, 1.82) is 0 Å². The zero-order chi connectivity index (χ0) is 16.9. The van der Waals surface area contributed by atoms with Crippen LogP contribution in [0.25, 0.3) is 0 Å². The molecule has 0 saturated heterocycles. The van der Waals surface area contributed by atoms with Gasteiger partial charge in [-0.3, -0.25) is 9.79 Å². The van der Waals surface area contributed by atoms with E-state index in [1.54, 1.807) is 35.7 Å². The highest BCUT2D eigenvalue weighted by atomic mass is 32.2. The van der Waals surface area contributed by atoms with Crippen molar-refractivity contribution in [3.8, 4) is 0 Å². The summed E-state index contributed by atoms with van der Waals surface area (Å²) < 4.78 is 14.5. The van der Waals surface area contributed by atoms with Crippen LogP contribution in [0.1, 0.15) is 21.5 Å². The SMILES string of the molecule is Cc1ccc(F)cc1NC(=O)c1ccccc1CSC1=NCCS1. The molecule has 0 aliphatic carbocycles. The number of aryl methyl sites for hydroxylation is 1. The van der Waals surface area contributed by atoms with Gasteiger partial charge >= 0.3 is 0 Å². The molecule has 0 fully saturated rings. The second kappa shape index (κ2) is 7.85. The van der Waals surface area contributed by atoms with Gasteiger partial charge in [0.1, 0.15) is 10.2 Å². The maximum Gasteiger partial charge on any atom is 0.255 e. The summed E-state index contributed by atoms with van der Waals surface area (Å²) in [6.07, 6.45) is 0. The lowest BCUT2D eigenvalue weighted by Gasteiger charge is -2.12. The predicted molar refractivity (Wildman–Crippen MR) is 102 cm³/mol. The number of aliphatic imine (C=N–C) groups is 1. The van der Waals surface area contributed by atoms with E-state index in [0.29, 0.717) is 17.0 Å². The van der Waals surface area contributed by atoms with Gasteiger partial charge in [-0.05, 0) is 36.2 Å². The maximum atomic E-state index is 13.4. The lowest BCUT2D eigenvalue weighted by atomic mass is 10.1. The van der Waals surface area contributed by atoms with Gasteiger partial charge in [0.15, 0.2) is 0 Å². The third kappa shape index (κ3) is 4.19. The molecule has 0 atom stereocenters. The minimum Gasteiger partial charge on any atom is -0.322 e. The normalized spacial score (nSPS) is 13.7. The van der Waals surface area contributed by atoms with Crippen molar-refractivity contribution < 1.29 is 9.18 Å². The maximum absolute atomic E-state index is 13.4. The fourth-order valence-electron chi connectivity index (χ4n) is 2.33. The third-order valence-corrected chi connectivity index (χ3v) is 5.92. The van der Waals surface area contributed by atoms with Crippen LogP contribution in [0.5, 0.6) is 0 Å². The highest BCUT2D eigenvalue weighted by Gasteiger charge is 2.14. The van der Waals surface area contributed by atoms with Crippen LogP contribution in [0.3, 0.4) is 0 Å². The molecule has 0 bridgehead atoms. The van der Waals surface area contributed by atoms with Crippen LogP contribution in [-0.4, -0.2) is 22.6 Å². The summed E-state index contributed by atoms with van der Waals surface area (Å²) >= 11 is 3.41. The molecule has 0 saturated carbocycles. The predicted octanol–water partition coefficient (Wildman–Crippen LogP) is 4.72. The van der Waals surface area contributed by atoms with Gasteiger partial charge in [-0.25, -0.2) is 4.39 Å². The highest BCUT2D eigenvalue weighted by Crippen LogP contribution is 2.27. The largest absolute Gasteiger partial charge is 0.322 e. The van der Waals surface area contributed by atoms with E-state index in [1.165, 1.54) is 12.1 Å². The number of carbonyl (C=O) groups excluding carboxylic acids is 1. The Morgan fingerprint density at radius 3 is 2.96 bits per heavy atom. The number of amides is 1. The van der Waals surface area contributed by atoms with Crippen LogP contribution in [0.4, 0.5) is 10.1 Å². The van der Waals surface area contributed by atoms with Gasteiger partial charge in [0.2, 0.25) is 0 Å². The number of hydrogen-bond acceptors (Lipinski definition) is 4. The molecule has 1 N–H and O–H groups in total. The van der Waals surface area contributed by atoms with Crippen LogP contribution >= 0.6 is 23.5 Å². The summed E-state index contributed by atoms with van der Waals surface area (Å²) in [6, 6.07) is 11.9. The van der Waals surface area contributed by atoms with Crippen LogP contribution in [0.2, 0.25) is 0 Å². The number of nitrogens with one attached hydrogen (secondary N) is 1. The summed E-state index contributed by atoms with van der Waals surface area (Å²) in [5.74, 6) is 1.14. The Balaban J connectivity index is 1.75. The first kappa shape index (κ1) is 17.0. The van der Waals surface area contributed by atoms with Crippen molar-refractivity contribution in [2.24, 2.45) is 4.99 Å². The lowest BCUT2D eigenvalue weighted by Crippen LogP contribution is -2.15. The summed E-state index contributed by atoms with van der Waals surface area (Å²) in [5.41, 5.74) is 2.88. The van der Waals surface area contributed by atoms with Crippen molar-refractivity contribution in [2.45, 2.75) is 12.7 Å². The topological polar surface area (TPSA) is 41.5 Å². The second-order valence-corrected chi connectivity index (χ2v) is 7.66. The van der Waals surface area contributed by atoms with E-state index in [9.17, 15) is 9.18 Å². The Hall–Kier alpha value is -1.79. The summed E-state index contributed by atoms with van der Waals surface area (Å²) in [5, 5.41) is 2.81. The molecule has 0 spiro atoms. The molecular weight excluding hydrogens is 343 g/mol. The van der Waals surface area contributed by atoms with E-state index in [0.717, 1.165) is 27.8 Å². The molecule has 1 heterocycles. The summed E-state index contributed by atoms with van der Waals surface area (Å²) in [6.45, 7) is 2.71. The van der Waals surface area contributed by atoms with Gasteiger partial charge < -0.3 is 5.32 Å². The Bertz CT molecular complexity index is 792. The van der Waals surface area contributed by atoms with Crippen molar-refractivity contribution in [2.75, 3.05) is 17.6 Å². The van der Waals surface area contributed by atoms with E-state index in [4.69, 9.17) is 0 Å². The Labute approximate surface area is 149 Å². The van der Waals surface area contributed by atoms with Gasteiger partial charge in [-0.15, -0.1) is 0 Å². The molecule has 24 heavy (non-hydrogen) atoms. The Morgan fingerprint density at radius 2 is 2.17 bits per heavy atom. The number of thioether (sulfide) groups is 2. The van der Waals surface area contributed by atoms with Crippen molar-refractivity contribution in [3.63, 3.8) is 0 Å². The standard InChI is InChI=1S/C18H17FN2OS2/c1-12-6-7-14(19)10-16(12)21-17(22)15-5-3-2-4-13(15)11-24-18-20-8-9-23-18/h2-7,10H,8-9,11H2,1H3,(H,21,22). The zero-order valence-electron chi connectivity index (χ0n) is 13.2. The quantitative estimate of drug-likeness (QED) is 0.857. The van der Waals surface area contributed by atoms with E-state index in [-0.39, 0.29) is 11.7 Å². The van der Waals surface area contributed by atoms with Gasteiger partial charge in [0.05, 0.1) is 6.54 Å². The van der Waals surface area contributed by atoms with E-state index in [1.807, 2.05) is 25.1 Å². The molecule has 1 aliphatic heterocycles. The van der Waals surface area contributed by atoms with Crippen LogP contribution in [-0.2, 0) is 5.75 Å². The van der Waals surface area contributed by atoms with Crippen LogP contribution in [0.15, 0.2) is 47.5 Å². The molecule has 2 aromatic carbocycles. The first-order valence-electron chi connectivity index (χ1n) is 7.59. The van der Waals surface area contributed by atoms with Gasteiger partial charge in [-0.2, -0.15) is 0 Å². The van der Waals surface area contributed by atoms with Gasteiger partial charge in [0.25, 0.3) is 5.91 Å². The van der Waals surface area contributed by atoms with Crippen LogP contribution in [0, 0.1) is 12.7 Å². The molecular formula is C18H17FN2OS2. The van der Waals surface area contributed by atoms with E-state index < -0.39 is 0 Å². The number of anilines is 1. The van der Waals surface area contributed by atoms with Crippen molar-refractivity contribution >= 4 is 39.5 Å². The first-order valence-corrected chi connectivity index (χ1v) is 9.56. The second-order valence-electron chi connectivity index (χ2n) is 5.36. The van der Waals surface area contributed by atoms with Gasteiger partial charge in [0, 0.05) is 22.8 Å². The molecule has 0 radical (unpaired) electrons. The minimum atomic E-state index is -0.365. The minimum absolute atomic E-state index is 0.221. The smallest absolute Gasteiger partial charge is 0.255 e. The number of rotatable bonds is 4. The summed E-state index contributed by atoms with van der Waals surface area (Å²) in [4.78, 5) is 17.0. The number of hydrogen-bond donors (Lipinski definition) is 1. The molecule has 6 heteroatoms. The molecule has 3 rings (SSSR count).